The molecule has 0 saturated carbocycles. The van der Waals surface area contributed by atoms with Crippen molar-refractivity contribution in [3.8, 4) is 45.0 Å². The van der Waals surface area contributed by atoms with Crippen LogP contribution < -0.4 is 5.32 Å². The minimum absolute atomic E-state index is 0.299. The lowest BCUT2D eigenvalue weighted by atomic mass is 9.98. The first-order valence-electron chi connectivity index (χ1n) is 16.1. The minimum atomic E-state index is -0.299. The number of rotatable bonds is 7. The van der Waals surface area contributed by atoms with E-state index in [1.807, 2.05) is 115 Å². The van der Waals surface area contributed by atoms with E-state index >= 15 is 0 Å². The third kappa shape index (κ3) is 6.40. The molecule has 0 radical (unpaired) electrons. The van der Waals surface area contributed by atoms with E-state index in [1.54, 1.807) is 0 Å². The second-order valence-electron chi connectivity index (χ2n) is 11.7. The molecule has 1 atom stereocenters. The summed E-state index contributed by atoms with van der Waals surface area (Å²) < 4.78 is 0. The fraction of sp³-hybridized carbons (Fsp3) is 0.0233. The second-order valence-corrected chi connectivity index (χ2v) is 12.1. The molecule has 8 rings (SSSR count). The predicted octanol–water partition coefficient (Wildman–Crippen LogP) is 10.3. The molecule has 234 valence electrons. The van der Waals surface area contributed by atoms with Crippen molar-refractivity contribution in [1.82, 2.24) is 15.3 Å². The zero-order valence-corrected chi connectivity index (χ0v) is 27.2. The summed E-state index contributed by atoms with van der Waals surface area (Å²) in [5.41, 5.74) is 9.88. The molecule has 1 unspecified atom stereocenters. The Morgan fingerprint density at radius 1 is 0.429 bits per heavy atom. The molecule has 0 saturated heterocycles. The van der Waals surface area contributed by atoms with Crippen LogP contribution in [0.25, 0.3) is 45.0 Å². The highest BCUT2D eigenvalue weighted by Gasteiger charge is 2.23. The molecule has 0 amide bonds. The van der Waals surface area contributed by atoms with Crippen molar-refractivity contribution in [1.29, 1.82) is 0 Å². The van der Waals surface area contributed by atoms with Gasteiger partial charge in [-0.3, -0.25) is 0 Å². The first-order valence-corrected chi connectivity index (χ1v) is 16.5. The lowest BCUT2D eigenvalue weighted by Crippen LogP contribution is -2.33. The standard InChI is InChI=1S/C43H30ClN5/c44-36-26-24-31(25-27-36)39-40(46-38(30-16-7-2-8-17-30)37(45-39)29-14-5-1-6-15-29)34-22-13-23-35(28-34)43-48-41(32-18-9-3-10-19-32)47-42(49-43)33-20-11-4-12-21-33/h1-28,41H,(H,47,48,49). The van der Waals surface area contributed by atoms with Crippen LogP contribution >= 0.6 is 11.6 Å². The number of halogens is 1. The van der Waals surface area contributed by atoms with Crippen molar-refractivity contribution in [2.75, 3.05) is 0 Å². The second kappa shape index (κ2) is 13.5. The van der Waals surface area contributed by atoms with Crippen molar-refractivity contribution in [3.05, 3.63) is 192 Å². The predicted molar refractivity (Wildman–Crippen MR) is 201 cm³/mol. The Balaban J connectivity index is 1.30. The van der Waals surface area contributed by atoms with Crippen LogP contribution in [0, 0.1) is 0 Å². The Hall–Kier alpha value is -6.17. The number of nitrogens with one attached hydrogen (secondary N) is 1. The molecule has 1 N–H and O–H groups in total. The van der Waals surface area contributed by atoms with Crippen LogP contribution in [-0.2, 0) is 0 Å². The Morgan fingerprint density at radius 2 is 0.878 bits per heavy atom. The normalized spacial score (nSPS) is 14.0. The summed E-state index contributed by atoms with van der Waals surface area (Å²) in [7, 11) is 0. The fourth-order valence-electron chi connectivity index (χ4n) is 5.97. The van der Waals surface area contributed by atoms with Crippen LogP contribution in [0.3, 0.4) is 0 Å². The number of nitrogens with zero attached hydrogens (tertiary/aromatic N) is 4. The highest BCUT2D eigenvalue weighted by Crippen LogP contribution is 2.38. The first kappa shape index (κ1) is 30.2. The maximum atomic E-state index is 6.34. The zero-order valence-electron chi connectivity index (χ0n) is 26.4. The van der Waals surface area contributed by atoms with Crippen LogP contribution in [-0.4, -0.2) is 21.6 Å². The Labute approximate surface area is 290 Å². The summed E-state index contributed by atoms with van der Waals surface area (Å²) in [6, 6.07) is 56.8. The van der Waals surface area contributed by atoms with Crippen LogP contribution in [0.15, 0.2) is 180 Å². The van der Waals surface area contributed by atoms with Gasteiger partial charge in [-0.05, 0) is 23.8 Å². The average molecular weight is 652 g/mol. The smallest absolute Gasteiger partial charge is 0.159 e. The summed E-state index contributed by atoms with van der Waals surface area (Å²) >= 11 is 6.34. The van der Waals surface area contributed by atoms with Gasteiger partial charge in [0, 0.05) is 38.4 Å². The van der Waals surface area contributed by atoms with E-state index in [2.05, 4.69) is 59.9 Å². The maximum absolute atomic E-state index is 6.34. The SMILES string of the molecule is Clc1ccc(-c2nc(-c3ccccc3)c(-c3ccccc3)nc2-c2cccc(C3=NC(c4ccccc4)=NC(c4ccccc4)N3)c2)cc1. The molecule has 0 bridgehead atoms. The summed E-state index contributed by atoms with van der Waals surface area (Å²) in [6.45, 7) is 0. The summed E-state index contributed by atoms with van der Waals surface area (Å²) in [5, 5.41) is 4.26. The number of hydrogen-bond donors (Lipinski definition) is 1. The van der Waals surface area contributed by atoms with E-state index in [0.717, 1.165) is 67.6 Å². The molecule has 7 aromatic rings. The van der Waals surface area contributed by atoms with E-state index in [0.29, 0.717) is 10.9 Å². The van der Waals surface area contributed by atoms with Gasteiger partial charge in [-0.15, -0.1) is 0 Å². The number of hydrogen-bond acceptors (Lipinski definition) is 5. The van der Waals surface area contributed by atoms with Gasteiger partial charge < -0.3 is 5.32 Å². The van der Waals surface area contributed by atoms with Gasteiger partial charge in [-0.2, -0.15) is 0 Å². The quantitative estimate of drug-likeness (QED) is 0.187. The summed E-state index contributed by atoms with van der Waals surface area (Å²) in [4.78, 5) is 20.8. The van der Waals surface area contributed by atoms with Crippen LogP contribution in [0.1, 0.15) is 22.9 Å². The third-order valence-corrected chi connectivity index (χ3v) is 8.66. The molecular weight excluding hydrogens is 622 g/mol. The molecular formula is C43H30ClN5. The highest BCUT2D eigenvalue weighted by molar-refractivity contribution is 6.30. The van der Waals surface area contributed by atoms with E-state index in [9.17, 15) is 0 Å². The van der Waals surface area contributed by atoms with Crippen molar-refractivity contribution >= 4 is 23.3 Å². The van der Waals surface area contributed by atoms with Gasteiger partial charge in [-0.25, -0.2) is 20.0 Å². The van der Waals surface area contributed by atoms with Crippen LogP contribution in [0.4, 0.5) is 0 Å². The van der Waals surface area contributed by atoms with Gasteiger partial charge >= 0.3 is 0 Å². The molecule has 6 aromatic carbocycles. The molecule has 0 spiro atoms. The number of aromatic nitrogens is 2. The van der Waals surface area contributed by atoms with Gasteiger partial charge in [-0.1, -0.05) is 163 Å². The topological polar surface area (TPSA) is 62.5 Å². The van der Waals surface area contributed by atoms with Crippen LogP contribution in [0.5, 0.6) is 0 Å². The van der Waals surface area contributed by atoms with E-state index in [-0.39, 0.29) is 6.17 Å². The molecule has 2 heterocycles. The van der Waals surface area contributed by atoms with Gasteiger partial charge in [0.05, 0.1) is 22.8 Å². The Bertz CT molecular complexity index is 2290. The monoisotopic (exact) mass is 651 g/mol. The van der Waals surface area contributed by atoms with E-state index < -0.39 is 0 Å². The largest absolute Gasteiger partial charge is 0.344 e. The van der Waals surface area contributed by atoms with E-state index in [1.165, 1.54) is 0 Å². The van der Waals surface area contributed by atoms with Gasteiger partial charge in [0.1, 0.15) is 12.0 Å². The molecule has 0 fully saturated rings. The lowest BCUT2D eigenvalue weighted by molar-refractivity contribution is 0.674. The number of amidine groups is 2. The lowest BCUT2D eigenvalue weighted by Gasteiger charge is -2.24. The minimum Gasteiger partial charge on any atom is -0.344 e. The number of benzene rings is 6. The number of aliphatic imine (C=N–C) groups is 2. The maximum Gasteiger partial charge on any atom is 0.159 e. The van der Waals surface area contributed by atoms with Crippen LogP contribution in [0.2, 0.25) is 5.02 Å². The molecule has 6 heteroatoms. The van der Waals surface area contributed by atoms with Gasteiger partial charge in [0.2, 0.25) is 0 Å². The van der Waals surface area contributed by atoms with Crippen molar-refractivity contribution in [2.45, 2.75) is 6.17 Å². The molecule has 5 nitrogen and oxygen atoms in total. The Kier molecular flexibility index (Phi) is 8.32. The molecule has 0 aliphatic carbocycles. The summed E-state index contributed by atoms with van der Waals surface area (Å²) in [6.07, 6.45) is -0.299. The van der Waals surface area contributed by atoms with Gasteiger partial charge in [0.15, 0.2) is 5.84 Å². The summed E-state index contributed by atoms with van der Waals surface area (Å²) in [5.74, 6) is 1.41. The molecule has 49 heavy (non-hydrogen) atoms. The zero-order chi connectivity index (χ0) is 33.0. The van der Waals surface area contributed by atoms with Gasteiger partial charge in [0.25, 0.3) is 0 Å². The van der Waals surface area contributed by atoms with Crippen molar-refractivity contribution < 1.29 is 0 Å². The average Bonchev–Trinajstić information content (AvgIpc) is 3.19. The molecule has 1 aromatic heterocycles. The molecule has 1 aliphatic rings. The third-order valence-electron chi connectivity index (χ3n) is 8.41. The fourth-order valence-corrected chi connectivity index (χ4v) is 6.10. The first-order chi connectivity index (χ1) is 24.2. The van der Waals surface area contributed by atoms with Crippen molar-refractivity contribution in [3.63, 3.8) is 0 Å². The van der Waals surface area contributed by atoms with Crippen molar-refractivity contribution in [2.24, 2.45) is 9.98 Å². The highest BCUT2D eigenvalue weighted by atomic mass is 35.5. The molecule has 1 aliphatic heterocycles. The van der Waals surface area contributed by atoms with E-state index in [4.69, 9.17) is 31.6 Å². The Morgan fingerprint density at radius 3 is 1.45 bits per heavy atom.